The van der Waals surface area contributed by atoms with Crippen LogP contribution in [0.25, 0.3) is 10.8 Å². The van der Waals surface area contributed by atoms with Crippen molar-refractivity contribution in [2.24, 2.45) is 0 Å². The average molecular weight is 396 g/mol. The topological polar surface area (TPSA) is 77.4 Å². The largest absolute Gasteiger partial charge is 0.741 e. The standard InChI is InChI=1S/C15H18OS.CHF3O3S/c1-4-17(5-2)15-9-6-11(3)13-8-7-12(16)10-14(13)15;2-1(3,4)8(5,6)7/h6-10H,4-5H2,1-3H3;(H,5,6,7). The van der Waals surface area contributed by atoms with Gasteiger partial charge in [0.2, 0.25) is 0 Å². The summed E-state index contributed by atoms with van der Waals surface area (Å²) in [6, 6.07) is 10.1. The van der Waals surface area contributed by atoms with Crippen LogP contribution in [-0.2, 0) is 21.0 Å². The highest BCUT2D eigenvalue weighted by Gasteiger charge is 2.36. The second-order valence-electron chi connectivity index (χ2n) is 5.08. The van der Waals surface area contributed by atoms with E-state index in [0.717, 1.165) is 0 Å². The van der Waals surface area contributed by atoms with E-state index in [0.29, 0.717) is 16.6 Å². The lowest BCUT2D eigenvalue weighted by atomic mass is 10.1. The molecule has 0 aliphatic rings. The van der Waals surface area contributed by atoms with Crippen molar-refractivity contribution in [3.05, 3.63) is 35.9 Å². The first-order chi connectivity index (χ1) is 11.4. The molecule has 2 aromatic rings. The zero-order valence-corrected chi connectivity index (χ0v) is 15.6. The summed E-state index contributed by atoms with van der Waals surface area (Å²) < 4.78 is 58.9. The summed E-state index contributed by atoms with van der Waals surface area (Å²) in [5.41, 5.74) is -4.37. The van der Waals surface area contributed by atoms with Crippen LogP contribution >= 0.6 is 0 Å². The Kier molecular flexibility index (Phi) is 7.16. The van der Waals surface area contributed by atoms with E-state index >= 15 is 0 Å². The number of halogens is 3. The van der Waals surface area contributed by atoms with Gasteiger partial charge in [-0.3, -0.25) is 0 Å². The number of hydrogen-bond acceptors (Lipinski definition) is 4. The number of aromatic hydroxyl groups is 1. The molecule has 0 saturated heterocycles. The number of hydrogen-bond donors (Lipinski definition) is 1. The Balaban J connectivity index is 0.000000333. The fourth-order valence-electron chi connectivity index (χ4n) is 2.23. The molecule has 0 heterocycles. The van der Waals surface area contributed by atoms with Crippen LogP contribution in [0.15, 0.2) is 35.2 Å². The third-order valence-electron chi connectivity index (χ3n) is 3.47. The van der Waals surface area contributed by atoms with E-state index in [2.05, 4.69) is 32.9 Å². The van der Waals surface area contributed by atoms with Crippen LogP contribution in [0.2, 0.25) is 0 Å². The van der Waals surface area contributed by atoms with E-state index in [9.17, 15) is 18.3 Å². The van der Waals surface area contributed by atoms with Gasteiger partial charge in [-0.2, -0.15) is 13.2 Å². The molecular formula is C16H19F3O4S2. The Morgan fingerprint density at radius 1 is 1.08 bits per heavy atom. The fourth-order valence-corrected chi connectivity index (χ4v) is 4.00. The highest BCUT2D eigenvalue weighted by molar-refractivity contribution is 7.97. The molecule has 4 nitrogen and oxygen atoms in total. The average Bonchev–Trinajstić information content (AvgIpc) is 2.49. The molecule has 0 fully saturated rings. The highest BCUT2D eigenvalue weighted by Crippen LogP contribution is 2.30. The van der Waals surface area contributed by atoms with Gasteiger partial charge in [0.25, 0.3) is 0 Å². The van der Waals surface area contributed by atoms with Gasteiger partial charge in [-0.1, -0.05) is 12.1 Å². The Morgan fingerprint density at radius 3 is 2.04 bits per heavy atom. The minimum absolute atomic E-state index is 0.296. The highest BCUT2D eigenvalue weighted by atomic mass is 32.2. The zero-order valence-electron chi connectivity index (χ0n) is 13.9. The normalized spacial score (nSPS) is 12.2. The van der Waals surface area contributed by atoms with Gasteiger partial charge in [0.1, 0.15) is 17.3 Å². The van der Waals surface area contributed by atoms with Crippen LogP contribution in [0.4, 0.5) is 13.2 Å². The van der Waals surface area contributed by atoms with Crippen molar-refractivity contribution in [2.75, 3.05) is 11.5 Å². The molecule has 1 N–H and O–H groups in total. The molecule has 0 unspecified atom stereocenters. The maximum absolute atomic E-state index is 10.7. The van der Waals surface area contributed by atoms with E-state index in [1.807, 2.05) is 12.1 Å². The molecular weight excluding hydrogens is 377 g/mol. The van der Waals surface area contributed by atoms with E-state index in [4.69, 9.17) is 13.0 Å². The minimum Gasteiger partial charge on any atom is -0.741 e. The molecule has 2 aromatic carbocycles. The summed E-state index contributed by atoms with van der Waals surface area (Å²) >= 11 is 0. The number of aryl methyl sites for hydroxylation is 1. The van der Waals surface area contributed by atoms with Gasteiger partial charge in [0.15, 0.2) is 15.0 Å². The molecule has 0 aliphatic heterocycles. The number of phenolic OH excluding ortho intramolecular Hbond substituents is 1. The Morgan fingerprint density at radius 2 is 1.60 bits per heavy atom. The SMILES string of the molecule is CC[S+](CC)c1ccc(C)c2ccc(O)cc12.O=S(=O)([O-])C(F)(F)F. The lowest BCUT2D eigenvalue weighted by Crippen LogP contribution is -2.21. The lowest BCUT2D eigenvalue weighted by Gasteiger charge is -2.09. The Labute approximate surface area is 147 Å². The molecule has 25 heavy (non-hydrogen) atoms. The van der Waals surface area contributed by atoms with Gasteiger partial charge in [0.05, 0.1) is 0 Å². The molecule has 0 atom stereocenters. The molecule has 9 heteroatoms. The van der Waals surface area contributed by atoms with Crippen molar-refractivity contribution in [1.29, 1.82) is 0 Å². The molecule has 0 aliphatic carbocycles. The predicted molar refractivity (Wildman–Crippen MR) is 92.8 cm³/mol. The third-order valence-corrected chi connectivity index (χ3v) is 6.41. The molecule has 0 spiro atoms. The van der Waals surface area contributed by atoms with Gasteiger partial charge < -0.3 is 9.66 Å². The second-order valence-corrected chi connectivity index (χ2v) is 9.03. The van der Waals surface area contributed by atoms with Crippen molar-refractivity contribution >= 4 is 31.8 Å². The van der Waals surface area contributed by atoms with Crippen molar-refractivity contribution in [1.82, 2.24) is 0 Å². The summed E-state index contributed by atoms with van der Waals surface area (Å²) in [7, 11) is -5.79. The molecule has 0 aromatic heterocycles. The van der Waals surface area contributed by atoms with Gasteiger partial charge >= 0.3 is 5.51 Å². The first-order valence-corrected chi connectivity index (χ1v) is 10.3. The number of benzene rings is 2. The van der Waals surface area contributed by atoms with Crippen LogP contribution in [0.5, 0.6) is 5.75 Å². The molecule has 140 valence electrons. The smallest absolute Gasteiger partial charge is 0.485 e. The van der Waals surface area contributed by atoms with Crippen molar-refractivity contribution < 1.29 is 31.2 Å². The number of phenols is 1. The van der Waals surface area contributed by atoms with Crippen molar-refractivity contribution in [2.45, 2.75) is 31.2 Å². The lowest BCUT2D eigenvalue weighted by molar-refractivity contribution is -0.0517. The van der Waals surface area contributed by atoms with Crippen LogP contribution in [0.1, 0.15) is 19.4 Å². The Bertz CT molecular complexity index is 829. The molecule has 0 saturated carbocycles. The first-order valence-electron chi connectivity index (χ1n) is 7.34. The van der Waals surface area contributed by atoms with Gasteiger partial charge in [-0.15, -0.1) is 0 Å². The second kappa shape index (κ2) is 8.29. The third kappa shape index (κ3) is 5.52. The summed E-state index contributed by atoms with van der Waals surface area (Å²) in [5, 5.41) is 12.2. The van der Waals surface area contributed by atoms with E-state index in [1.165, 1.54) is 32.7 Å². The molecule has 2 rings (SSSR count). The van der Waals surface area contributed by atoms with Crippen molar-refractivity contribution in [3.63, 3.8) is 0 Å². The van der Waals surface area contributed by atoms with E-state index in [1.54, 1.807) is 6.07 Å². The molecule has 0 amide bonds. The maximum Gasteiger partial charge on any atom is 0.485 e. The maximum atomic E-state index is 10.7. The van der Waals surface area contributed by atoms with Crippen molar-refractivity contribution in [3.8, 4) is 5.75 Å². The van der Waals surface area contributed by atoms with Gasteiger partial charge in [0, 0.05) is 16.3 Å². The van der Waals surface area contributed by atoms with E-state index in [-0.39, 0.29) is 0 Å². The first kappa shape index (κ1) is 21.6. The monoisotopic (exact) mass is 396 g/mol. The summed E-state index contributed by atoms with van der Waals surface area (Å²) in [4.78, 5) is 1.39. The number of fused-ring (bicyclic) bond motifs is 1. The van der Waals surface area contributed by atoms with Gasteiger partial charge in [-0.25, -0.2) is 8.42 Å². The number of alkyl halides is 3. The Hall–Kier alpha value is -1.45. The predicted octanol–water partition coefficient (Wildman–Crippen LogP) is 3.92. The fraction of sp³-hybridized carbons (Fsp3) is 0.375. The minimum atomic E-state index is -6.09. The van der Waals surface area contributed by atoms with Crippen LogP contribution in [0.3, 0.4) is 0 Å². The summed E-state index contributed by atoms with van der Waals surface area (Å²) in [6.45, 7) is 6.60. The van der Waals surface area contributed by atoms with Crippen LogP contribution in [-0.4, -0.2) is 35.1 Å². The van der Waals surface area contributed by atoms with Crippen LogP contribution in [0, 0.1) is 6.92 Å². The quantitative estimate of drug-likeness (QED) is 0.485. The van der Waals surface area contributed by atoms with E-state index < -0.39 is 15.6 Å². The van der Waals surface area contributed by atoms with Crippen LogP contribution < -0.4 is 0 Å². The van der Waals surface area contributed by atoms with Gasteiger partial charge in [-0.05, 0) is 49.9 Å². The summed E-state index contributed by atoms with van der Waals surface area (Å²) in [6.07, 6.45) is 0. The molecule has 0 radical (unpaired) electrons. The summed E-state index contributed by atoms with van der Waals surface area (Å²) in [5.74, 6) is 2.70. The number of rotatable bonds is 3. The zero-order chi connectivity index (χ0) is 19.4. The molecule has 0 bridgehead atoms.